The van der Waals surface area contributed by atoms with Gasteiger partial charge in [-0.2, -0.15) is 12.1 Å². The van der Waals surface area contributed by atoms with Gasteiger partial charge in [-0.15, -0.1) is 24.3 Å². The Balaban J connectivity index is -0.000000384. The Hall–Kier alpha value is -2.31. The maximum Gasteiger partial charge on any atom is 4.00 e. The maximum absolute atomic E-state index is 12.7. The van der Waals surface area contributed by atoms with Gasteiger partial charge in [-0.25, -0.2) is 17.6 Å². The van der Waals surface area contributed by atoms with Crippen LogP contribution in [0.3, 0.4) is 0 Å². The number of benzene rings is 2. The SMILES string of the molecule is C=CC(=O)c1ccc(F)[c-]c1F.C=CC(=O)c1ccc(F)[c-]c1F.[CH3-].[CH3-].[Ti+4]. The van der Waals surface area contributed by atoms with Crippen molar-refractivity contribution in [1.29, 1.82) is 0 Å². The third-order valence-corrected chi connectivity index (χ3v) is 2.63. The van der Waals surface area contributed by atoms with E-state index in [1.54, 1.807) is 12.1 Å². The molecule has 2 nitrogen and oxygen atoms in total. The molecule has 2 aromatic rings. The summed E-state index contributed by atoms with van der Waals surface area (Å²) >= 11 is 0. The Kier molecular flexibility index (Phi) is 15.1. The number of rotatable bonds is 4. The number of halogens is 4. The van der Waals surface area contributed by atoms with Crippen LogP contribution in [-0.4, -0.2) is 11.6 Å². The second kappa shape index (κ2) is 13.8. The summed E-state index contributed by atoms with van der Waals surface area (Å²) in [6.07, 6.45) is 1.92. The molecule has 2 aromatic carbocycles. The van der Waals surface area contributed by atoms with E-state index in [4.69, 9.17) is 0 Å². The van der Waals surface area contributed by atoms with E-state index in [0.717, 1.165) is 36.4 Å². The fourth-order valence-corrected chi connectivity index (χ4v) is 1.49. The average Bonchev–Trinajstić information content (AvgIpc) is 2.54. The summed E-state index contributed by atoms with van der Waals surface area (Å²) in [5, 5.41) is 0. The fraction of sp³-hybridized carbons (Fsp3) is 0. The molecule has 0 radical (unpaired) electrons. The number of hydrogen-bond donors (Lipinski definition) is 0. The van der Waals surface area contributed by atoms with E-state index in [2.05, 4.69) is 13.2 Å². The first-order chi connectivity index (χ1) is 11.3. The number of ketones is 2. The van der Waals surface area contributed by atoms with Gasteiger partial charge in [-0.1, -0.05) is 24.3 Å². The van der Waals surface area contributed by atoms with Gasteiger partial charge in [0, 0.05) is 23.3 Å². The third kappa shape index (κ3) is 8.75. The minimum Gasteiger partial charge on any atom is -0.358 e. The van der Waals surface area contributed by atoms with Crippen molar-refractivity contribution in [1.82, 2.24) is 0 Å². The van der Waals surface area contributed by atoms with Crippen molar-refractivity contribution in [2.75, 3.05) is 0 Å². The summed E-state index contributed by atoms with van der Waals surface area (Å²) < 4.78 is 50.0. The van der Waals surface area contributed by atoms with Crippen LogP contribution in [0.15, 0.2) is 49.6 Å². The van der Waals surface area contributed by atoms with E-state index in [1.807, 2.05) is 0 Å². The molecule has 0 N–H and O–H groups in total. The standard InChI is InChI=1S/2C9H5F2O.2CH3.Ti/c2*1-2-9(12)7-4-3-6(10)5-8(7)11;;;/h2*2-4H,1H2;2*1H3;/q4*-1;+4. The van der Waals surface area contributed by atoms with E-state index in [1.165, 1.54) is 0 Å². The van der Waals surface area contributed by atoms with Crippen molar-refractivity contribution in [3.63, 3.8) is 0 Å². The van der Waals surface area contributed by atoms with Crippen molar-refractivity contribution >= 4 is 11.6 Å². The summed E-state index contributed by atoms with van der Waals surface area (Å²) in [5.41, 5.74) is -0.433. The van der Waals surface area contributed by atoms with Crippen LogP contribution in [0.25, 0.3) is 0 Å². The fourth-order valence-electron chi connectivity index (χ4n) is 1.49. The summed E-state index contributed by atoms with van der Waals surface area (Å²) in [6, 6.07) is 7.57. The van der Waals surface area contributed by atoms with Crippen LogP contribution in [0.1, 0.15) is 20.7 Å². The van der Waals surface area contributed by atoms with Crippen molar-refractivity contribution in [3.05, 3.63) is 111 Å². The van der Waals surface area contributed by atoms with Gasteiger partial charge in [0.2, 0.25) is 0 Å². The number of allylic oxidation sites excluding steroid dienone is 2. The Morgan fingerprint density at radius 1 is 0.741 bits per heavy atom. The minimum atomic E-state index is -0.986. The average molecular weight is 412 g/mol. The van der Waals surface area contributed by atoms with Gasteiger partial charge >= 0.3 is 21.7 Å². The molecular formula is C20H16F4O2Ti. The third-order valence-electron chi connectivity index (χ3n) is 2.63. The Morgan fingerprint density at radius 3 is 1.26 bits per heavy atom. The zero-order chi connectivity index (χ0) is 18.3. The summed E-state index contributed by atoms with van der Waals surface area (Å²) in [6.45, 7) is 6.35. The molecule has 0 fully saturated rings. The summed E-state index contributed by atoms with van der Waals surface area (Å²) in [4.78, 5) is 21.7. The second-order valence-corrected chi connectivity index (χ2v) is 4.20. The molecule has 0 heterocycles. The van der Waals surface area contributed by atoms with Crippen LogP contribution in [0.5, 0.6) is 0 Å². The van der Waals surface area contributed by atoms with Gasteiger partial charge in [0.15, 0.2) is 0 Å². The van der Waals surface area contributed by atoms with Crippen LogP contribution >= 0.6 is 0 Å². The molecule has 0 aliphatic carbocycles. The summed E-state index contributed by atoms with van der Waals surface area (Å²) in [5.74, 6) is -4.78. The first-order valence-electron chi connectivity index (χ1n) is 6.38. The second-order valence-electron chi connectivity index (χ2n) is 4.20. The zero-order valence-corrected chi connectivity index (χ0v) is 16.3. The van der Waals surface area contributed by atoms with Gasteiger partial charge in [-0.3, -0.25) is 0 Å². The van der Waals surface area contributed by atoms with Crippen LogP contribution in [0.4, 0.5) is 17.6 Å². The first kappa shape index (κ1) is 29.5. The number of carbonyl (C=O) groups is 2. The van der Waals surface area contributed by atoms with Crippen molar-refractivity contribution < 1.29 is 48.9 Å². The van der Waals surface area contributed by atoms with E-state index < -0.39 is 34.8 Å². The molecule has 0 atom stereocenters. The van der Waals surface area contributed by atoms with Crippen molar-refractivity contribution in [2.24, 2.45) is 0 Å². The molecule has 0 unspecified atom stereocenters. The predicted octanol–water partition coefficient (Wildman–Crippen LogP) is 5.17. The minimum absolute atomic E-state index is 0. The molecule has 7 heteroatoms. The van der Waals surface area contributed by atoms with Gasteiger partial charge in [0.25, 0.3) is 0 Å². The Morgan fingerprint density at radius 2 is 1.04 bits per heavy atom. The van der Waals surface area contributed by atoms with Crippen LogP contribution < -0.4 is 0 Å². The quantitative estimate of drug-likeness (QED) is 0.229. The molecule has 0 saturated carbocycles. The molecule has 0 amide bonds. The van der Waals surface area contributed by atoms with Crippen molar-refractivity contribution in [2.45, 2.75) is 0 Å². The molecule has 2 rings (SSSR count). The van der Waals surface area contributed by atoms with Gasteiger partial charge in [-0.05, 0) is 12.2 Å². The van der Waals surface area contributed by atoms with E-state index in [-0.39, 0.29) is 47.7 Å². The molecule has 0 spiro atoms. The molecule has 0 aromatic heterocycles. The van der Waals surface area contributed by atoms with Crippen LogP contribution in [0.2, 0.25) is 0 Å². The molecule has 0 aliphatic heterocycles. The maximum atomic E-state index is 12.7. The zero-order valence-electron chi connectivity index (χ0n) is 14.7. The molecule has 0 aliphatic rings. The van der Waals surface area contributed by atoms with E-state index >= 15 is 0 Å². The first-order valence-corrected chi connectivity index (χ1v) is 6.38. The van der Waals surface area contributed by atoms with Gasteiger partial charge in [0.05, 0.1) is 0 Å². The smallest absolute Gasteiger partial charge is 0.358 e. The van der Waals surface area contributed by atoms with E-state index in [0.29, 0.717) is 0 Å². The van der Waals surface area contributed by atoms with Crippen LogP contribution in [0, 0.1) is 50.3 Å². The Labute approximate surface area is 171 Å². The normalized spacial score (nSPS) is 8.44. The monoisotopic (exact) mass is 412 g/mol. The topological polar surface area (TPSA) is 34.1 Å². The molecule has 27 heavy (non-hydrogen) atoms. The largest absolute Gasteiger partial charge is 4.00 e. The van der Waals surface area contributed by atoms with Gasteiger partial charge in [0.1, 0.15) is 11.6 Å². The molecular weight excluding hydrogens is 396 g/mol. The Bertz CT molecular complexity index is 737. The number of hydrogen-bond acceptors (Lipinski definition) is 2. The summed E-state index contributed by atoms with van der Waals surface area (Å²) in [7, 11) is 0. The van der Waals surface area contributed by atoms with E-state index in [9.17, 15) is 27.2 Å². The van der Waals surface area contributed by atoms with Gasteiger partial charge < -0.3 is 24.4 Å². The molecule has 0 saturated heterocycles. The van der Waals surface area contributed by atoms with Crippen molar-refractivity contribution in [3.8, 4) is 0 Å². The van der Waals surface area contributed by atoms with Crippen LogP contribution in [-0.2, 0) is 21.7 Å². The molecule has 0 bridgehead atoms. The molecule has 140 valence electrons. The predicted molar refractivity (Wildman–Crippen MR) is 92.3 cm³/mol. The number of carbonyl (C=O) groups excluding carboxylic acids is 2.